The first-order chi connectivity index (χ1) is 14.7. The standard InChI is InChI=1S/C23H27N3O3S/c1-17(18-8-6-5-7-9-18)15-25-26-21(16-30-23(26)24-12-13-27-2)20-11-10-19(28-3)14-22(20)29-4/h5-11,14-17H,12-13H2,1-4H3/b24-23?,25-15+. The molecule has 1 atom stereocenters. The summed E-state index contributed by atoms with van der Waals surface area (Å²) in [5.74, 6) is 1.62. The highest BCUT2D eigenvalue weighted by Gasteiger charge is 2.14. The fourth-order valence-electron chi connectivity index (χ4n) is 2.96. The number of aromatic nitrogens is 1. The van der Waals surface area contributed by atoms with Crippen LogP contribution in [0.3, 0.4) is 0 Å². The van der Waals surface area contributed by atoms with Crippen LogP contribution in [0.5, 0.6) is 11.5 Å². The fraction of sp³-hybridized carbons (Fsp3) is 0.304. The van der Waals surface area contributed by atoms with Crippen molar-refractivity contribution in [2.24, 2.45) is 10.1 Å². The van der Waals surface area contributed by atoms with Crippen LogP contribution in [0.1, 0.15) is 18.4 Å². The maximum Gasteiger partial charge on any atom is 0.206 e. The van der Waals surface area contributed by atoms with Gasteiger partial charge in [0.2, 0.25) is 4.80 Å². The molecule has 6 nitrogen and oxygen atoms in total. The maximum absolute atomic E-state index is 5.61. The Morgan fingerprint density at radius 1 is 1.07 bits per heavy atom. The smallest absolute Gasteiger partial charge is 0.206 e. The summed E-state index contributed by atoms with van der Waals surface area (Å²) in [6.45, 7) is 3.25. The average Bonchev–Trinajstić information content (AvgIpc) is 3.20. The lowest BCUT2D eigenvalue weighted by Crippen LogP contribution is -2.14. The van der Waals surface area contributed by atoms with Gasteiger partial charge in [0.25, 0.3) is 0 Å². The van der Waals surface area contributed by atoms with E-state index in [1.54, 1.807) is 21.3 Å². The topological polar surface area (TPSA) is 57.3 Å². The van der Waals surface area contributed by atoms with Crippen LogP contribution in [0.4, 0.5) is 0 Å². The van der Waals surface area contributed by atoms with Gasteiger partial charge in [-0.05, 0) is 17.7 Å². The van der Waals surface area contributed by atoms with Gasteiger partial charge in [-0.3, -0.25) is 4.99 Å². The molecule has 7 heteroatoms. The number of methoxy groups -OCH3 is 3. The average molecular weight is 426 g/mol. The quantitative estimate of drug-likeness (QED) is 0.377. The molecule has 0 spiro atoms. The zero-order valence-electron chi connectivity index (χ0n) is 17.7. The van der Waals surface area contributed by atoms with Crippen LogP contribution in [-0.2, 0) is 4.74 Å². The Morgan fingerprint density at radius 2 is 1.87 bits per heavy atom. The van der Waals surface area contributed by atoms with Crippen molar-refractivity contribution in [2.75, 3.05) is 34.5 Å². The minimum absolute atomic E-state index is 0.163. The molecule has 0 bridgehead atoms. The molecule has 0 fully saturated rings. The van der Waals surface area contributed by atoms with E-state index in [1.807, 2.05) is 52.7 Å². The van der Waals surface area contributed by atoms with Crippen molar-refractivity contribution in [3.63, 3.8) is 0 Å². The van der Waals surface area contributed by atoms with E-state index in [1.165, 1.54) is 16.9 Å². The van der Waals surface area contributed by atoms with E-state index in [0.29, 0.717) is 13.2 Å². The summed E-state index contributed by atoms with van der Waals surface area (Å²) in [7, 11) is 4.96. The highest BCUT2D eigenvalue weighted by atomic mass is 32.1. The van der Waals surface area contributed by atoms with Gasteiger partial charge < -0.3 is 14.2 Å². The molecule has 1 aromatic heterocycles. The van der Waals surface area contributed by atoms with E-state index < -0.39 is 0 Å². The molecule has 0 aliphatic rings. The Hall–Kier alpha value is -2.90. The van der Waals surface area contributed by atoms with Crippen LogP contribution in [0, 0.1) is 0 Å². The molecule has 0 saturated carbocycles. The van der Waals surface area contributed by atoms with Crippen LogP contribution in [-0.4, -0.2) is 45.4 Å². The zero-order chi connectivity index (χ0) is 21.3. The van der Waals surface area contributed by atoms with Gasteiger partial charge in [-0.2, -0.15) is 5.10 Å². The Balaban J connectivity index is 2.04. The van der Waals surface area contributed by atoms with Gasteiger partial charge in [0.1, 0.15) is 11.5 Å². The van der Waals surface area contributed by atoms with Crippen LogP contribution < -0.4 is 14.3 Å². The molecule has 0 saturated heterocycles. The molecule has 0 N–H and O–H groups in total. The fourth-order valence-corrected chi connectivity index (χ4v) is 3.81. The molecule has 0 aliphatic heterocycles. The second-order valence-electron chi connectivity index (χ2n) is 6.62. The minimum Gasteiger partial charge on any atom is -0.497 e. The number of nitrogens with zero attached hydrogens (tertiary/aromatic N) is 3. The number of hydrogen-bond acceptors (Lipinski definition) is 6. The van der Waals surface area contributed by atoms with Gasteiger partial charge in [0.05, 0.1) is 33.1 Å². The second kappa shape index (κ2) is 10.8. The zero-order valence-corrected chi connectivity index (χ0v) is 18.6. The highest BCUT2D eigenvalue weighted by Crippen LogP contribution is 2.33. The highest BCUT2D eigenvalue weighted by molar-refractivity contribution is 7.07. The number of ether oxygens (including phenoxy) is 3. The first kappa shape index (κ1) is 21.8. The number of thiazole rings is 1. The maximum atomic E-state index is 5.61. The van der Waals surface area contributed by atoms with Crippen LogP contribution in [0.25, 0.3) is 11.3 Å². The lowest BCUT2D eigenvalue weighted by Gasteiger charge is -2.11. The Labute approximate surface area is 181 Å². The van der Waals surface area contributed by atoms with Gasteiger partial charge in [0.15, 0.2) is 0 Å². The SMILES string of the molecule is COCCN=c1scc(-c2ccc(OC)cc2OC)n1/N=C/C(C)c1ccccc1. The summed E-state index contributed by atoms with van der Waals surface area (Å²) in [5.41, 5.74) is 3.04. The first-order valence-electron chi connectivity index (χ1n) is 9.69. The predicted octanol–water partition coefficient (Wildman–Crippen LogP) is 4.42. The Kier molecular flexibility index (Phi) is 7.82. The molecule has 0 radical (unpaired) electrons. The summed E-state index contributed by atoms with van der Waals surface area (Å²) in [6, 6.07) is 16.1. The molecule has 158 valence electrons. The van der Waals surface area contributed by atoms with Crippen molar-refractivity contribution in [3.8, 4) is 22.8 Å². The van der Waals surface area contributed by atoms with E-state index in [4.69, 9.17) is 19.3 Å². The predicted molar refractivity (Wildman–Crippen MR) is 122 cm³/mol. The molecule has 0 aliphatic carbocycles. The van der Waals surface area contributed by atoms with Crippen molar-refractivity contribution >= 4 is 17.6 Å². The van der Waals surface area contributed by atoms with Gasteiger partial charge >= 0.3 is 0 Å². The third-order valence-electron chi connectivity index (χ3n) is 4.64. The van der Waals surface area contributed by atoms with Crippen molar-refractivity contribution in [1.29, 1.82) is 0 Å². The Morgan fingerprint density at radius 3 is 2.57 bits per heavy atom. The minimum atomic E-state index is 0.163. The summed E-state index contributed by atoms with van der Waals surface area (Å²) in [5, 5.41) is 6.84. The number of benzene rings is 2. The molecular formula is C23H27N3O3S. The molecule has 30 heavy (non-hydrogen) atoms. The molecule has 0 amide bonds. The molecule has 2 aromatic carbocycles. The molecule has 3 aromatic rings. The van der Waals surface area contributed by atoms with Crippen molar-refractivity contribution in [3.05, 3.63) is 64.3 Å². The van der Waals surface area contributed by atoms with Crippen LogP contribution in [0.15, 0.2) is 64.0 Å². The molecule has 1 heterocycles. The molecular weight excluding hydrogens is 398 g/mol. The molecule has 1 unspecified atom stereocenters. The third kappa shape index (κ3) is 5.17. The van der Waals surface area contributed by atoms with E-state index in [2.05, 4.69) is 24.0 Å². The largest absolute Gasteiger partial charge is 0.497 e. The molecule has 3 rings (SSSR count). The van der Waals surface area contributed by atoms with Crippen LogP contribution >= 0.6 is 11.3 Å². The summed E-state index contributed by atoms with van der Waals surface area (Å²) in [4.78, 5) is 5.46. The summed E-state index contributed by atoms with van der Waals surface area (Å²) >= 11 is 1.54. The van der Waals surface area contributed by atoms with Crippen molar-refractivity contribution < 1.29 is 14.2 Å². The lowest BCUT2D eigenvalue weighted by atomic mass is 10.0. The van der Waals surface area contributed by atoms with Crippen molar-refractivity contribution in [1.82, 2.24) is 4.68 Å². The first-order valence-corrected chi connectivity index (χ1v) is 10.6. The van der Waals surface area contributed by atoms with Crippen molar-refractivity contribution in [2.45, 2.75) is 12.8 Å². The summed E-state index contributed by atoms with van der Waals surface area (Å²) in [6.07, 6.45) is 1.94. The van der Waals surface area contributed by atoms with E-state index >= 15 is 0 Å². The van der Waals surface area contributed by atoms with Gasteiger partial charge in [0, 0.05) is 36.3 Å². The van der Waals surface area contributed by atoms with Gasteiger partial charge in [-0.1, -0.05) is 37.3 Å². The number of rotatable bonds is 9. The number of hydrogen-bond donors (Lipinski definition) is 0. The monoisotopic (exact) mass is 425 g/mol. The van der Waals surface area contributed by atoms with Crippen LogP contribution in [0.2, 0.25) is 0 Å². The van der Waals surface area contributed by atoms with E-state index in [-0.39, 0.29) is 5.92 Å². The normalized spacial score (nSPS) is 13.0. The van der Waals surface area contributed by atoms with Gasteiger partial charge in [-0.25, -0.2) is 4.68 Å². The summed E-state index contributed by atoms with van der Waals surface area (Å²) < 4.78 is 17.9. The van der Waals surface area contributed by atoms with E-state index in [9.17, 15) is 0 Å². The lowest BCUT2D eigenvalue weighted by molar-refractivity contribution is 0.207. The third-order valence-corrected chi connectivity index (χ3v) is 5.50. The van der Waals surface area contributed by atoms with Gasteiger partial charge in [-0.15, -0.1) is 11.3 Å². The second-order valence-corrected chi connectivity index (χ2v) is 7.46. The van der Waals surface area contributed by atoms with E-state index in [0.717, 1.165) is 27.6 Å². The Bertz CT molecular complexity index is 1040.